The summed E-state index contributed by atoms with van der Waals surface area (Å²) in [4.78, 5) is 46.3. The molecule has 2 rings (SSSR count). The topological polar surface area (TPSA) is 79.3 Å². The number of carbonyl (C=O) groups is 3. The predicted octanol–water partition coefficient (Wildman–Crippen LogP) is 4.04. The molecule has 7 nitrogen and oxygen atoms in total. The van der Waals surface area contributed by atoms with Gasteiger partial charge < -0.3 is 4.74 Å². The fraction of sp³-hybridized carbons (Fsp3) is 0.333. The molecule has 0 spiro atoms. The molecule has 180 valence electrons. The minimum Gasteiger partial charge on any atom is -0.381 e. The molecule has 0 unspecified atom stereocenters. The Morgan fingerprint density at radius 3 is 2.65 bits per heavy atom. The maximum Gasteiger partial charge on any atom is 0.261 e. The molecule has 0 bridgehead atoms. The third kappa shape index (κ3) is 6.96. The molecule has 0 saturated heterocycles. The van der Waals surface area contributed by atoms with Crippen molar-refractivity contribution in [1.82, 2.24) is 9.80 Å². The summed E-state index contributed by atoms with van der Waals surface area (Å²) in [6.07, 6.45) is 19.0. The molecule has 34 heavy (non-hydrogen) atoms. The molecule has 2 aliphatic rings. The van der Waals surface area contributed by atoms with Crippen LogP contribution in [0.3, 0.4) is 0 Å². The summed E-state index contributed by atoms with van der Waals surface area (Å²) >= 11 is 0. The van der Waals surface area contributed by atoms with Crippen molar-refractivity contribution in [3.8, 4) is 0 Å². The van der Waals surface area contributed by atoms with E-state index in [1.54, 1.807) is 43.2 Å². The Morgan fingerprint density at radius 1 is 1.18 bits per heavy atom. The van der Waals surface area contributed by atoms with E-state index in [-0.39, 0.29) is 37.1 Å². The molecule has 0 radical (unpaired) electrons. The van der Waals surface area contributed by atoms with Crippen LogP contribution in [-0.2, 0) is 19.1 Å². The fourth-order valence-corrected chi connectivity index (χ4v) is 3.51. The molecule has 2 heterocycles. The Kier molecular flexibility index (Phi) is 10.9. The maximum atomic E-state index is 13.1. The highest BCUT2D eigenvalue weighted by Gasteiger charge is 2.35. The first-order chi connectivity index (χ1) is 16.5. The Morgan fingerprint density at radius 2 is 1.94 bits per heavy atom. The van der Waals surface area contributed by atoms with Gasteiger partial charge in [-0.25, -0.2) is 0 Å². The maximum absolute atomic E-state index is 13.1. The fourth-order valence-electron chi connectivity index (χ4n) is 3.51. The average molecular weight is 464 g/mol. The third-order valence-corrected chi connectivity index (χ3v) is 5.26. The van der Waals surface area contributed by atoms with Crippen molar-refractivity contribution in [3.63, 3.8) is 0 Å². The second-order valence-corrected chi connectivity index (χ2v) is 7.60. The van der Waals surface area contributed by atoms with Crippen molar-refractivity contribution in [3.05, 3.63) is 84.2 Å². The number of amides is 3. The van der Waals surface area contributed by atoms with E-state index in [9.17, 15) is 14.4 Å². The first kappa shape index (κ1) is 26.7. The molecule has 2 aliphatic heterocycles. The largest absolute Gasteiger partial charge is 0.381 e. The van der Waals surface area contributed by atoms with Gasteiger partial charge in [0.05, 0.1) is 13.2 Å². The van der Waals surface area contributed by atoms with Crippen molar-refractivity contribution in [2.24, 2.45) is 4.99 Å². The van der Waals surface area contributed by atoms with Crippen LogP contribution >= 0.6 is 0 Å². The lowest BCUT2D eigenvalue weighted by molar-refractivity contribution is -0.137. The molecule has 0 N–H and O–H groups in total. The normalized spacial score (nSPS) is 20.0. The molecule has 3 amide bonds. The standard InChI is InChI=1S/C27H33N3O4/c1-5-7-10-15-23-21(3)26(32)29(27(23)33)19-17-24-28-18-12-9-8-11-16-25(31)30(24)22(6-2)14-13-20-34-4/h5-6,8-15H,1,7,16-20H2,2-4H3/b11-8-,12-9-,14-13-,15-10?,22-6+,28-24?. The molecule has 0 saturated carbocycles. The highest BCUT2D eigenvalue weighted by molar-refractivity contribution is 6.20. The summed E-state index contributed by atoms with van der Waals surface area (Å²) in [5.41, 5.74) is 1.45. The van der Waals surface area contributed by atoms with Crippen LogP contribution in [0.1, 0.15) is 33.1 Å². The van der Waals surface area contributed by atoms with Crippen LogP contribution in [0.5, 0.6) is 0 Å². The molecular weight excluding hydrogens is 430 g/mol. The Hall–Kier alpha value is -3.58. The van der Waals surface area contributed by atoms with Crippen LogP contribution in [0, 0.1) is 0 Å². The van der Waals surface area contributed by atoms with E-state index in [0.717, 1.165) is 0 Å². The number of carbonyl (C=O) groups excluding carboxylic acids is 3. The van der Waals surface area contributed by atoms with Crippen molar-refractivity contribution in [2.75, 3.05) is 26.8 Å². The number of ether oxygens (including phenoxy) is 1. The van der Waals surface area contributed by atoms with Gasteiger partial charge in [0.2, 0.25) is 5.91 Å². The zero-order valence-corrected chi connectivity index (χ0v) is 20.2. The Balaban J connectivity index is 2.30. The number of rotatable bonds is 10. The first-order valence-electron chi connectivity index (χ1n) is 11.3. The van der Waals surface area contributed by atoms with Crippen LogP contribution in [0.25, 0.3) is 0 Å². The van der Waals surface area contributed by atoms with E-state index in [4.69, 9.17) is 4.74 Å². The lowest BCUT2D eigenvalue weighted by atomic mass is 10.1. The van der Waals surface area contributed by atoms with E-state index in [2.05, 4.69) is 11.6 Å². The summed E-state index contributed by atoms with van der Waals surface area (Å²) in [5, 5.41) is 0. The van der Waals surface area contributed by atoms with Crippen molar-refractivity contribution < 1.29 is 19.1 Å². The van der Waals surface area contributed by atoms with Gasteiger partial charge in [0.25, 0.3) is 11.8 Å². The third-order valence-electron chi connectivity index (χ3n) is 5.26. The van der Waals surface area contributed by atoms with Gasteiger partial charge in [-0.2, -0.15) is 0 Å². The van der Waals surface area contributed by atoms with E-state index in [1.807, 2.05) is 43.4 Å². The number of aliphatic imine (C=N–C) groups is 1. The number of hydrogen-bond donors (Lipinski definition) is 0. The zero-order chi connectivity index (χ0) is 24.9. The summed E-state index contributed by atoms with van der Waals surface area (Å²) < 4.78 is 5.09. The second-order valence-electron chi connectivity index (χ2n) is 7.60. The molecule has 0 aromatic heterocycles. The smallest absolute Gasteiger partial charge is 0.261 e. The predicted molar refractivity (Wildman–Crippen MR) is 135 cm³/mol. The van der Waals surface area contributed by atoms with E-state index in [0.29, 0.717) is 42.3 Å². The zero-order valence-electron chi connectivity index (χ0n) is 20.2. The molecule has 7 heteroatoms. The highest BCUT2D eigenvalue weighted by Crippen LogP contribution is 2.23. The van der Waals surface area contributed by atoms with Crippen LogP contribution in [0.2, 0.25) is 0 Å². The number of amidine groups is 1. The van der Waals surface area contributed by atoms with E-state index < -0.39 is 0 Å². The number of allylic oxidation sites excluding steroid dienone is 6. The van der Waals surface area contributed by atoms with Crippen LogP contribution in [-0.4, -0.2) is 60.2 Å². The lowest BCUT2D eigenvalue weighted by Gasteiger charge is -2.27. The van der Waals surface area contributed by atoms with Crippen LogP contribution < -0.4 is 0 Å². The van der Waals surface area contributed by atoms with E-state index >= 15 is 0 Å². The van der Waals surface area contributed by atoms with Gasteiger partial charge in [0.1, 0.15) is 5.84 Å². The highest BCUT2D eigenvalue weighted by atomic mass is 16.5. The molecule has 0 aliphatic carbocycles. The SMILES string of the molecule is C=CCC=CC1=C(C)C(=O)N(CCC2=NC/C=C\C=C/CC(=O)N2C(/C=C\COC)=C/C)C1=O. The van der Waals surface area contributed by atoms with Gasteiger partial charge in [-0.05, 0) is 26.3 Å². The molecule has 0 aromatic rings. The summed E-state index contributed by atoms with van der Waals surface area (Å²) in [6, 6.07) is 0. The minimum atomic E-state index is -0.338. The van der Waals surface area contributed by atoms with Crippen LogP contribution in [0.15, 0.2) is 89.2 Å². The molecule has 0 atom stereocenters. The monoisotopic (exact) mass is 463 g/mol. The minimum absolute atomic E-state index is 0.120. The van der Waals surface area contributed by atoms with Crippen molar-refractivity contribution >= 4 is 23.6 Å². The van der Waals surface area contributed by atoms with Gasteiger partial charge in [-0.3, -0.25) is 29.2 Å². The molecule has 0 aromatic carbocycles. The molecular formula is C27H33N3O4. The summed E-state index contributed by atoms with van der Waals surface area (Å²) in [6.45, 7) is 8.05. The average Bonchev–Trinajstić information content (AvgIpc) is 3.03. The molecule has 0 fully saturated rings. The number of hydrogen-bond acceptors (Lipinski definition) is 5. The van der Waals surface area contributed by atoms with Crippen LogP contribution in [0.4, 0.5) is 0 Å². The summed E-state index contributed by atoms with van der Waals surface area (Å²) in [5.74, 6) is -0.318. The second kappa shape index (κ2) is 13.9. The van der Waals surface area contributed by atoms with Crippen molar-refractivity contribution in [1.29, 1.82) is 0 Å². The first-order valence-corrected chi connectivity index (χ1v) is 11.3. The van der Waals surface area contributed by atoms with Gasteiger partial charge in [0.15, 0.2) is 0 Å². The van der Waals surface area contributed by atoms with Gasteiger partial charge in [-0.1, -0.05) is 54.7 Å². The Labute approximate surface area is 201 Å². The number of imide groups is 1. The number of methoxy groups -OCH3 is 1. The number of nitrogens with zero attached hydrogens (tertiary/aromatic N) is 3. The van der Waals surface area contributed by atoms with Gasteiger partial charge >= 0.3 is 0 Å². The lowest BCUT2D eigenvalue weighted by Crippen LogP contribution is -2.40. The van der Waals surface area contributed by atoms with Crippen molar-refractivity contribution in [2.45, 2.75) is 33.1 Å². The Bertz CT molecular complexity index is 1010. The quantitative estimate of drug-likeness (QED) is 0.278. The summed E-state index contributed by atoms with van der Waals surface area (Å²) in [7, 11) is 1.60. The van der Waals surface area contributed by atoms with Gasteiger partial charge in [-0.15, -0.1) is 6.58 Å². The van der Waals surface area contributed by atoms with Gasteiger partial charge in [0, 0.05) is 43.3 Å². The van der Waals surface area contributed by atoms with E-state index in [1.165, 1.54) is 4.90 Å².